The van der Waals surface area contributed by atoms with Crippen molar-refractivity contribution in [2.45, 2.75) is 52.7 Å². The third kappa shape index (κ3) is 6.90. The maximum Gasteiger partial charge on any atom is 0.244 e. The van der Waals surface area contributed by atoms with Crippen LogP contribution in [0.15, 0.2) is 48.5 Å². The summed E-state index contributed by atoms with van der Waals surface area (Å²) in [4.78, 5) is 28.1. The van der Waals surface area contributed by atoms with Crippen molar-refractivity contribution in [3.63, 3.8) is 0 Å². The molecule has 10 heteroatoms. The van der Waals surface area contributed by atoms with Gasteiger partial charge in [0.15, 0.2) is 11.5 Å². The highest BCUT2D eigenvalue weighted by atomic mass is 32.2. The van der Waals surface area contributed by atoms with Gasteiger partial charge in [-0.3, -0.25) is 13.9 Å². The summed E-state index contributed by atoms with van der Waals surface area (Å²) in [7, 11) is -3.83. The molecule has 0 aliphatic carbocycles. The number of sulfonamides is 1. The fourth-order valence-corrected chi connectivity index (χ4v) is 4.80. The van der Waals surface area contributed by atoms with Crippen LogP contribution in [0.3, 0.4) is 0 Å². The Bertz CT molecular complexity index is 1180. The Balaban J connectivity index is 1.94. The first-order chi connectivity index (χ1) is 16.9. The zero-order valence-electron chi connectivity index (χ0n) is 21.5. The number of nitrogens with zero attached hydrogens (tertiary/aromatic N) is 2. The number of ether oxygens (including phenoxy) is 2. The molecule has 2 aromatic carbocycles. The van der Waals surface area contributed by atoms with Gasteiger partial charge in [-0.1, -0.05) is 30.3 Å². The van der Waals surface area contributed by atoms with Crippen molar-refractivity contribution in [2.75, 3.05) is 29.8 Å². The van der Waals surface area contributed by atoms with E-state index in [2.05, 4.69) is 5.32 Å². The predicted octanol–water partition coefficient (Wildman–Crippen LogP) is 2.95. The first kappa shape index (κ1) is 27.3. The number of benzene rings is 2. The molecule has 0 saturated heterocycles. The summed E-state index contributed by atoms with van der Waals surface area (Å²) in [6.45, 7) is 9.19. The number of carbonyl (C=O) groups is 2. The Morgan fingerprint density at radius 2 is 1.67 bits per heavy atom. The van der Waals surface area contributed by atoms with Gasteiger partial charge in [0.2, 0.25) is 21.8 Å². The number of anilines is 1. The number of carbonyl (C=O) groups excluding carboxylic acids is 2. The number of nitrogens with one attached hydrogen (secondary N) is 1. The topological polar surface area (TPSA) is 105 Å². The summed E-state index contributed by atoms with van der Waals surface area (Å²) in [6.07, 6.45) is 0. The number of fused-ring (bicyclic) bond motifs is 1. The third-order valence-electron chi connectivity index (χ3n) is 5.65. The van der Waals surface area contributed by atoms with Crippen LogP contribution in [0, 0.1) is 0 Å². The van der Waals surface area contributed by atoms with E-state index >= 15 is 0 Å². The van der Waals surface area contributed by atoms with Crippen LogP contribution in [0.5, 0.6) is 11.5 Å². The normalized spacial score (nSPS) is 14.0. The van der Waals surface area contributed by atoms with Crippen LogP contribution in [-0.2, 0) is 26.2 Å². The monoisotopic (exact) mass is 517 g/mol. The number of hydrogen-bond donors (Lipinski definition) is 1. The Hall–Kier alpha value is -3.27. The van der Waals surface area contributed by atoms with E-state index in [1.54, 1.807) is 25.1 Å². The average Bonchev–Trinajstić information content (AvgIpc) is 2.84. The van der Waals surface area contributed by atoms with Gasteiger partial charge in [0.05, 0.1) is 11.4 Å². The lowest BCUT2D eigenvalue weighted by atomic mass is 10.1. The van der Waals surface area contributed by atoms with E-state index in [0.29, 0.717) is 30.4 Å². The molecule has 9 nitrogen and oxygen atoms in total. The highest BCUT2D eigenvalue weighted by Crippen LogP contribution is 2.35. The minimum Gasteiger partial charge on any atom is -0.486 e. The standard InChI is InChI=1S/C26H35N3O6S/c1-6-36(32,33)29(21-12-13-22-23(16-21)35-15-14-34-22)18-24(30)28(17-20-10-8-7-9-11-20)19(2)25(31)27-26(3,4)5/h7-13,16,19H,6,14-15,17-18H2,1-5H3,(H,27,31). The Kier molecular flexibility index (Phi) is 8.50. The van der Waals surface area contributed by atoms with Gasteiger partial charge in [0.1, 0.15) is 25.8 Å². The number of hydrogen-bond acceptors (Lipinski definition) is 6. The SMILES string of the molecule is CCS(=O)(=O)N(CC(=O)N(Cc1ccccc1)C(C)C(=O)NC(C)(C)C)c1ccc2c(c1)OCCO2. The lowest BCUT2D eigenvalue weighted by molar-refractivity contribution is -0.140. The van der Waals surface area contributed by atoms with E-state index in [4.69, 9.17) is 9.47 Å². The van der Waals surface area contributed by atoms with Gasteiger partial charge in [-0.05, 0) is 52.3 Å². The summed E-state index contributed by atoms with van der Waals surface area (Å²) in [6, 6.07) is 13.2. The van der Waals surface area contributed by atoms with Crippen LogP contribution in [0.4, 0.5) is 5.69 Å². The molecule has 2 aromatic rings. The molecule has 196 valence electrons. The minimum atomic E-state index is -3.83. The fraction of sp³-hybridized carbons (Fsp3) is 0.462. The lowest BCUT2D eigenvalue weighted by Gasteiger charge is -2.33. The van der Waals surface area contributed by atoms with E-state index in [1.165, 1.54) is 11.8 Å². The Morgan fingerprint density at radius 1 is 1.03 bits per heavy atom. The van der Waals surface area contributed by atoms with Crippen LogP contribution in [0.2, 0.25) is 0 Å². The van der Waals surface area contributed by atoms with E-state index < -0.39 is 34.1 Å². The Labute approximate surface area is 213 Å². The van der Waals surface area contributed by atoms with Crippen molar-refractivity contribution >= 4 is 27.5 Å². The molecular formula is C26H35N3O6S. The molecule has 1 unspecified atom stereocenters. The zero-order chi connectivity index (χ0) is 26.5. The second kappa shape index (κ2) is 11.2. The molecule has 1 atom stereocenters. The highest BCUT2D eigenvalue weighted by molar-refractivity contribution is 7.92. The quantitative estimate of drug-likeness (QED) is 0.548. The lowest BCUT2D eigenvalue weighted by Crippen LogP contribution is -2.54. The van der Waals surface area contributed by atoms with Crippen LogP contribution in [0.25, 0.3) is 0 Å². The largest absolute Gasteiger partial charge is 0.486 e. The summed E-state index contributed by atoms with van der Waals surface area (Å²) in [5.74, 6) is -0.0868. The molecule has 0 aromatic heterocycles. The van der Waals surface area contributed by atoms with Gasteiger partial charge in [0.25, 0.3) is 0 Å². The second-order valence-electron chi connectivity index (χ2n) is 9.66. The molecule has 36 heavy (non-hydrogen) atoms. The van der Waals surface area contributed by atoms with Crippen LogP contribution < -0.4 is 19.1 Å². The predicted molar refractivity (Wildman–Crippen MR) is 139 cm³/mol. The van der Waals surface area contributed by atoms with Crippen LogP contribution in [0.1, 0.15) is 40.2 Å². The van der Waals surface area contributed by atoms with Crippen molar-refractivity contribution < 1.29 is 27.5 Å². The summed E-state index contributed by atoms with van der Waals surface area (Å²) in [5.41, 5.74) is 0.627. The molecule has 1 aliphatic heterocycles. The third-order valence-corrected chi connectivity index (χ3v) is 7.40. The van der Waals surface area contributed by atoms with Crippen molar-refractivity contribution in [3.8, 4) is 11.5 Å². The summed E-state index contributed by atoms with van der Waals surface area (Å²) in [5, 5.41) is 2.91. The van der Waals surface area contributed by atoms with Gasteiger partial charge in [-0.2, -0.15) is 0 Å². The first-order valence-corrected chi connectivity index (χ1v) is 13.6. The van der Waals surface area contributed by atoms with Gasteiger partial charge < -0.3 is 19.7 Å². The van der Waals surface area contributed by atoms with Gasteiger partial charge in [0, 0.05) is 18.2 Å². The molecular weight excluding hydrogens is 482 g/mol. The molecule has 2 amide bonds. The van der Waals surface area contributed by atoms with Crippen molar-refractivity contribution in [2.24, 2.45) is 0 Å². The van der Waals surface area contributed by atoms with E-state index in [-0.39, 0.29) is 18.2 Å². The first-order valence-electron chi connectivity index (χ1n) is 12.0. The molecule has 0 spiro atoms. The molecule has 0 saturated carbocycles. The van der Waals surface area contributed by atoms with Gasteiger partial charge in [-0.25, -0.2) is 8.42 Å². The average molecular weight is 518 g/mol. The zero-order valence-corrected chi connectivity index (χ0v) is 22.3. The second-order valence-corrected chi connectivity index (χ2v) is 11.8. The smallest absolute Gasteiger partial charge is 0.244 e. The van der Waals surface area contributed by atoms with Gasteiger partial charge >= 0.3 is 0 Å². The number of rotatable bonds is 9. The molecule has 3 rings (SSSR count). The maximum atomic E-state index is 13.7. The molecule has 0 bridgehead atoms. The van der Waals surface area contributed by atoms with E-state index in [9.17, 15) is 18.0 Å². The minimum absolute atomic E-state index is 0.152. The van der Waals surface area contributed by atoms with Crippen molar-refractivity contribution in [3.05, 3.63) is 54.1 Å². The summed E-state index contributed by atoms with van der Waals surface area (Å²) < 4.78 is 38.4. The Morgan fingerprint density at radius 3 is 2.28 bits per heavy atom. The molecule has 0 fully saturated rings. The molecule has 1 aliphatic rings. The van der Waals surface area contributed by atoms with E-state index in [1.807, 2.05) is 51.1 Å². The number of amides is 2. The summed E-state index contributed by atoms with van der Waals surface area (Å²) >= 11 is 0. The molecule has 1 heterocycles. The van der Waals surface area contributed by atoms with Crippen molar-refractivity contribution in [1.29, 1.82) is 0 Å². The van der Waals surface area contributed by atoms with E-state index in [0.717, 1.165) is 9.87 Å². The maximum absolute atomic E-state index is 13.7. The van der Waals surface area contributed by atoms with Gasteiger partial charge in [-0.15, -0.1) is 0 Å². The molecule has 1 N–H and O–H groups in total. The highest BCUT2D eigenvalue weighted by Gasteiger charge is 2.32. The van der Waals surface area contributed by atoms with Crippen LogP contribution >= 0.6 is 0 Å². The van der Waals surface area contributed by atoms with Crippen molar-refractivity contribution in [1.82, 2.24) is 10.2 Å². The molecule has 0 radical (unpaired) electrons. The van der Waals surface area contributed by atoms with Crippen LogP contribution in [-0.4, -0.2) is 62.2 Å². The fourth-order valence-electron chi connectivity index (χ4n) is 3.74.